The van der Waals surface area contributed by atoms with Gasteiger partial charge in [0.1, 0.15) is 17.7 Å². The molecule has 0 aromatic carbocycles. The second kappa shape index (κ2) is 8.30. The molecule has 1 N–H and O–H groups in total. The Bertz CT molecular complexity index is 699. The first kappa shape index (κ1) is 16.3. The van der Waals surface area contributed by atoms with Crippen LogP contribution >= 0.6 is 0 Å². The van der Waals surface area contributed by atoms with Gasteiger partial charge in [-0.1, -0.05) is 25.3 Å². The lowest BCUT2D eigenvalue weighted by molar-refractivity contribution is 0.553. The highest BCUT2D eigenvalue weighted by Crippen LogP contribution is 2.22. The predicted octanol–water partition coefficient (Wildman–Crippen LogP) is 3.73. The molecule has 2 aromatic rings. The second-order valence-corrected chi connectivity index (χ2v) is 6.11. The zero-order chi connectivity index (χ0) is 16.6. The van der Waals surface area contributed by atoms with Crippen LogP contribution in [0.15, 0.2) is 36.7 Å². The molecule has 0 unspecified atom stereocenters. The number of nitriles is 1. The molecule has 2 aromatic heterocycles. The third-order valence-corrected chi connectivity index (χ3v) is 4.40. The molecule has 5 nitrogen and oxygen atoms in total. The zero-order valence-corrected chi connectivity index (χ0v) is 13.9. The van der Waals surface area contributed by atoms with E-state index in [1.165, 1.54) is 32.1 Å². The van der Waals surface area contributed by atoms with Gasteiger partial charge in [0.05, 0.1) is 5.56 Å². The van der Waals surface area contributed by atoms with Crippen molar-refractivity contribution < 1.29 is 0 Å². The van der Waals surface area contributed by atoms with Crippen molar-refractivity contribution in [1.82, 2.24) is 9.97 Å². The number of rotatable bonds is 4. The molecule has 1 aliphatic rings. The highest BCUT2D eigenvalue weighted by atomic mass is 15.2. The van der Waals surface area contributed by atoms with E-state index in [0.717, 1.165) is 24.5 Å². The van der Waals surface area contributed by atoms with Gasteiger partial charge in [0.2, 0.25) is 0 Å². The van der Waals surface area contributed by atoms with E-state index in [0.29, 0.717) is 17.9 Å². The Morgan fingerprint density at radius 3 is 2.50 bits per heavy atom. The van der Waals surface area contributed by atoms with Crippen LogP contribution in [-0.2, 0) is 6.54 Å². The van der Waals surface area contributed by atoms with E-state index in [4.69, 9.17) is 0 Å². The molecule has 124 valence electrons. The van der Waals surface area contributed by atoms with Crippen LogP contribution in [0, 0.1) is 11.3 Å². The van der Waals surface area contributed by atoms with Crippen molar-refractivity contribution in [2.75, 3.05) is 23.3 Å². The van der Waals surface area contributed by atoms with Crippen molar-refractivity contribution in [2.24, 2.45) is 0 Å². The fourth-order valence-corrected chi connectivity index (χ4v) is 3.13. The molecule has 0 spiro atoms. The Kier molecular flexibility index (Phi) is 5.62. The van der Waals surface area contributed by atoms with Crippen LogP contribution in [0.5, 0.6) is 0 Å². The van der Waals surface area contributed by atoms with Gasteiger partial charge in [0.25, 0.3) is 0 Å². The number of nitrogens with one attached hydrogen (secondary N) is 1. The largest absolute Gasteiger partial charge is 0.365 e. The van der Waals surface area contributed by atoms with E-state index in [1.807, 2.05) is 12.3 Å². The highest BCUT2D eigenvalue weighted by Gasteiger charge is 2.14. The Morgan fingerprint density at radius 2 is 1.71 bits per heavy atom. The van der Waals surface area contributed by atoms with Crippen LogP contribution in [0.25, 0.3) is 0 Å². The van der Waals surface area contributed by atoms with Gasteiger partial charge < -0.3 is 10.2 Å². The van der Waals surface area contributed by atoms with Crippen LogP contribution in [0.2, 0.25) is 0 Å². The highest BCUT2D eigenvalue weighted by molar-refractivity contribution is 5.54. The number of aromatic nitrogens is 2. The number of anilines is 2. The summed E-state index contributed by atoms with van der Waals surface area (Å²) in [5.41, 5.74) is 1.71. The Morgan fingerprint density at radius 1 is 1.00 bits per heavy atom. The van der Waals surface area contributed by atoms with Crippen LogP contribution in [0.3, 0.4) is 0 Å². The summed E-state index contributed by atoms with van der Waals surface area (Å²) in [6.07, 6.45) is 9.96. The van der Waals surface area contributed by atoms with Gasteiger partial charge >= 0.3 is 0 Å². The van der Waals surface area contributed by atoms with Gasteiger partial charge in [-0.05, 0) is 31.0 Å². The number of nitrogens with zero attached hydrogens (tertiary/aromatic N) is 4. The second-order valence-electron chi connectivity index (χ2n) is 6.11. The maximum Gasteiger partial charge on any atom is 0.144 e. The summed E-state index contributed by atoms with van der Waals surface area (Å²) >= 11 is 0. The Balaban J connectivity index is 1.75. The van der Waals surface area contributed by atoms with E-state index < -0.39 is 0 Å². The summed E-state index contributed by atoms with van der Waals surface area (Å²) in [5.74, 6) is 1.68. The molecule has 0 radical (unpaired) electrons. The number of hydrogen-bond donors (Lipinski definition) is 1. The number of hydrogen-bond acceptors (Lipinski definition) is 5. The SMILES string of the molecule is N#Cc1cccnc1NCc1cccnc1N1CCCCCCC1. The normalized spacial score (nSPS) is 15.2. The molecule has 5 heteroatoms. The summed E-state index contributed by atoms with van der Waals surface area (Å²) in [6, 6.07) is 9.79. The lowest BCUT2D eigenvalue weighted by atomic mass is 10.1. The molecule has 1 aliphatic heterocycles. The molecule has 3 rings (SSSR count). The van der Waals surface area contributed by atoms with Gasteiger partial charge in [0.15, 0.2) is 0 Å². The topological polar surface area (TPSA) is 64.8 Å². The van der Waals surface area contributed by atoms with Gasteiger partial charge in [-0.15, -0.1) is 0 Å². The summed E-state index contributed by atoms with van der Waals surface area (Å²) in [4.78, 5) is 11.3. The van der Waals surface area contributed by atoms with Crippen molar-refractivity contribution in [2.45, 2.75) is 38.6 Å². The van der Waals surface area contributed by atoms with E-state index >= 15 is 0 Å². The summed E-state index contributed by atoms with van der Waals surface area (Å²) in [6.45, 7) is 2.75. The first-order chi connectivity index (χ1) is 11.9. The summed E-state index contributed by atoms with van der Waals surface area (Å²) in [5, 5.41) is 12.5. The van der Waals surface area contributed by atoms with Crippen molar-refractivity contribution in [3.8, 4) is 6.07 Å². The lowest BCUT2D eigenvalue weighted by Gasteiger charge is -2.27. The molecule has 1 saturated heterocycles. The lowest BCUT2D eigenvalue weighted by Crippen LogP contribution is -2.29. The fraction of sp³-hybridized carbons (Fsp3) is 0.421. The third kappa shape index (κ3) is 4.02. The van der Waals surface area contributed by atoms with Crippen molar-refractivity contribution in [3.05, 3.63) is 47.8 Å². The van der Waals surface area contributed by atoms with Gasteiger partial charge in [-0.2, -0.15) is 5.26 Å². The maximum absolute atomic E-state index is 9.18. The van der Waals surface area contributed by atoms with Crippen LogP contribution in [0.4, 0.5) is 11.6 Å². The molecule has 1 fully saturated rings. The Hall–Kier alpha value is -2.61. The average Bonchev–Trinajstić information content (AvgIpc) is 2.60. The van der Waals surface area contributed by atoms with Gasteiger partial charge in [-0.3, -0.25) is 0 Å². The van der Waals surface area contributed by atoms with Crippen LogP contribution < -0.4 is 10.2 Å². The van der Waals surface area contributed by atoms with Gasteiger partial charge in [0, 0.05) is 37.6 Å². The standard InChI is InChI=1S/C19H23N5/c20-14-16-8-6-10-21-18(16)23-15-17-9-7-11-22-19(17)24-12-4-2-1-3-5-13-24/h6-11H,1-5,12-13,15H2,(H,21,23). The molecular weight excluding hydrogens is 298 g/mol. The summed E-state index contributed by atoms with van der Waals surface area (Å²) in [7, 11) is 0. The zero-order valence-electron chi connectivity index (χ0n) is 13.9. The van der Waals surface area contributed by atoms with E-state index in [1.54, 1.807) is 18.3 Å². The third-order valence-electron chi connectivity index (χ3n) is 4.40. The first-order valence-electron chi connectivity index (χ1n) is 8.66. The molecule has 0 aliphatic carbocycles. The molecule has 0 saturated carbocycles. The fourth-order valence-electron chi connectivity index (χ4n) is 3.13. The molecule has 0 amide bonds. The molecule has 0 bridgehead atoms. The smallest absolute Gasteiger partial charge is 0.144 e. The first-order valence-corrected chi connectivity index (χ1v) is 8.66. The minimum Gasteiger partial charge on any atom is -0.365 e. The molecule has 3 heterocycles. The molecule has 0 atom stereocenters. The van der Waals surface area contributed by atoms with E-state index in [9.17, 15) is 5.26 Å². The predicted molar refractivity (Wildman–Crippen MR) is 95.8 cm³/mol. The minimum absolute atomic E-state index is 0.564. The number of pyridine rings is 2. The molecule has 24 heavy (non-hydrogen) atoms. The minimum atomic E-state index is 0.564. The van der Waals surface area contributed by atoms with E-state index in [-0.39, 0.29) is 0 Å². The molecular formula is C19H23N5. The quantitative estimate of drug-likeness (QED) is 0.929. The van der Waals surface area contributed by atoms with Gasteiger partial charge in [-0.25, -0.2) is 9.97 Å². The maximum atomic E-state index is 9.18. The Labute approximate surface area is 143 Å². The van der Waals surface area contributed by atoms with Crippen LogP contribution in [0.1, 0.15) is 43.2 Å². The monoisotopic (exact) mass is 321 g/mol. The van der Waals surface area contributed by atoms with E-state index in [2.05, 4.69) is 32.3 Å². The van der Waals surface area contributed by atoms with Crippen molar-refractivity contribution >= 4 is 11.6 Å². The summed E-state index contributed by atoms with van der Waals surface area (Å²) < 4.78 is 0. The van der Waals surface area contributed by atoms with Crippen LogP contribution in [-0.4, -0.2) is 23.1 Å². The van der Waals surface area contributed by atoms with Crippen molar-refractivity contribution in [1.29, 1.82) is 5.26 Å². The average molecular weight is 321 g/mol. The van der Waals surface area contributed by atoms with Crippen molar-refractivity contribution in [3.63, 3.8) is 0 Å².